The van der Waals surface area contributed by atoms with Gasteiger partial charge in [-0.3, -0.25) is 4.79 Å². The predicted molar refractivity (Wildman–Crippen MR) is 125 cm³/mol. The largest absolute Gasteiger partial charge is 0.445 e. The number of benzene rings is 1. The van der Waals surface area contributed by atoms with E-state index in [0.29, 0.717) is 17.5 Å². The number of nitrogens with one attached hydrogen (secondary N) is 2. The summed E-state index contributed by atoms with van der Waals surface area (Å²) in [5, 5.41) is 9.62. The maximum Gasteiger partial charge on any atom is 0.435 e. The molecule has 1 atom stereocenters. The van der Waals surface area contributed by atoms with Crippen molar-refractivity contribution in [2.75, 3.05) is 5.32 Å². The van der Waals surface area contributed by atoms with Crippen LogP contribution in [0, 0.1) is 17.8 Å². The van der Waals surface area contributed by atoms with Crippen molar-refractivity contribution in [1.29, 1.82) is 0 Å². The number of carbonyl (C=O) groups is 3. The molecule has 9 nitrogen and oxygen atoms in total. The highest BCUT2D eigenvalue weighted by Gasteiger charge is 2.48. The molecule has 0 bridgehead atoms. The molecule has 2 aliphatic rings. The molecule has 4 rings (SSSR count). The predicted octanol–water partition coefficient (Wildman–Crippen LogP) is 4.34. The first-order chi connectivity index (χ1) is 16.2. The maximum absolute atomic E-state index is 13.3. The van der Waals surface area contributed by atoms with Crippen molar-refractivity contribution in [3.63, 3.8) is 0 Å². The SMILES string of the molecule is CC(C)(C)OC(=O)n1cc(NC(=O)C(NC(=O)OCc2ccccc2)C(C2CC2)C2CC2)cn1. The van der Waals surface area contributed by atoms with Crippen LogP contribution in [0.5, 0.6) is 0 Å². The van der Waals surface area contributed by atoms with Gasteiger partial charge in [-0.15, -0.1) is 0 Å². The summed E-state index contributed by atoms with van der Waals surface area (Å²) in [5.74, 6) is 0.554. The average Bonchev–Trinajstić information content (AvgIpc) is 3.72. The van der Waals surface area contributed by atoms with Gasteiger partial charge in [-0.1, -0.05) is 30.3 Å². The molecule has 1 aromatic carbocycles. The zero-order valence-corrected chi connectivity index (χ0v) is 19.8. The van der Waals surface area contributed by atoms with Gasteiger partial charge in [0.05, 0.1) is 18.1 Å². The number of ether oxygens (including phenoxy) is 2. The lowest BCUT2D eigenvalue weighted by atomic mass is 9.89. The van der Waals surface area contributed by atoms with Gasteiger partial charge >= 0.3 is 12.2 Å². The molecule has 34 heavy (non-hydrogen) atoms. The third kappa shape index (κ3) is 6.59. The Balaban J connectivity index is 1.42. The highest BCUT2D eigenvalue weighted by Crippen LogP contribution is 2.50. The van der Waals surface area contributed by atoms with Crippen LogP contribution in [0.25, 0.3) is 0 Å². The van der Waals surface area contributed by atoms with Crippen molar-refractivity contribution in [2.45, 2.75) is 64.7 Å². The molecule has 0 saturated heterocycles. The highest BCUT2D eigenvalue weighted by molar-refractivity contribution is 5.97. The quantitative estimate of drug-likeness (QED) is 0.596. The fraction of sp³-hybridized carbons (Fsp3) is 0.520. The summed E-state index contributed by atoms with van der Waals surface area (Å²) in [6.45, 7) is 5.42. The van der Waals surface area contributed by atoms with Gasteiger partial charge in [0.2, 0.25) is 5.91 Å². The van der Waals surface area contributed by atoms with Crippen molar-refractivity contribution < 1.29 is 23.9 Å². The Kier molecular flexibility index (Phi) is 6.90. The number of rotatable bonds is 8. The Morgan fingerprint density at radius 1 is 1.09 bits per heavy atom. The minimum Gasteiger partial charge on any atom is -0.445 e. The monoisotopic (exact) mass is 468 g/mol. The van der Waals surface area contributed by atoms with E-state index in [1.54, 1.807) is 20.8 Å². The van der Waals surface area contributed by atoms with E-state index in [4.69, 9.17) is 9.47 Å². The van der Waals surface area contributed by atoms with Crippen LogP contribution in [0.15, 0.2) is 42.7 Å². The summed E-state index contributed by atoms with van der Waals surface area (Å²) in [5.41, 5.74) is 0.559. The van der Waals surface area contributed by atoms with Gasteiger partial charge in [0.1, 0.15) is 18.2 Å². The van der Waals surface area contributed by atoms with E-state index in [9.17, 15) is 14.4 Å². The number of carbonyl (C=O) groups excluding carboxylic acids is 3. The maximum atomic E-state index is 13.3. The number of hydrogen-bond acceptors (Lipinski definition) is 6. The Labute approximate surface area is 199 Å². The highest BCUT2D eigenvalue weighted by atomic mass is 16.6. The van der Waals surface area contributed by atoms with Crippen LogP contribution in [0.2, 0.25) is 0 Å². The number of nitrogens with zero attached hydrogens (tertiary/aromatic N) is 2. The Bertz CT molecular complexity index is 1010. The van der Waals surface area contributed by atoms with Crippen LogP contribution in [-0.4, -0.2) is 39.5 Å². The second-order valence-electron chi connectivity index (χ2n) is 10.1. The summed E-state index contributed by atoms with van der Waals surface area (Å²) in [6, 6.07) is 8.66. The van der Waals surface area contributed by atoms with Crippen LogP contribution in [-0.2, 0) is 20.9 Å². The van der Waals surface area contributed by atoms with E-state index in [1.807, 2.05) is 30.3 Å². The van der Waals surface area contributed by atoms with E-state index in [1.165, 1.54) is 12.4 Å². The first-order valence-corrected chi connectivity index (χ1v) is 11.8. The molecule has 9 heteroatoms. The summed E-state index contributed by atoms with van der Waals surface area (Å²) in [4.78, 5) is 38.1. The van der Waals surface area contributed by atoms with Gasteiger partial charge in [-0.2, -0.15) is 9.78 Å². The van der Waals surface area contributed by atoms with E-state index in [2.05, 4.69) is 15.7 Å². The van der Waals surface area contributed by atoms with Crippen molar-refractivity contribution in [3.05, 3.63) is 48.3 Å². The lowest BCUT2D eigenvalue weighted by molar-refractivity contribution is -0.119. The van der Waals surface area contributed by atoms with Crippen molar-refractivity contribution >= 4 is 23.8 Å². The van der Waals surface area contributed by atoms with Crippen LogP contribution in [0.1, 0.15) is 52.0 Å². The van der Waals surface area contributed by atoms with Crippen molar-refractivity contribution in [3.8, 4) is 0 Å². The summed E-state index contributed by atoms with van der Waals surface area (Å²) in [7, 11) is 0. The molecule has 1 unspecified atom stereocenters. The molecule has 2 amide bonds. The molecule has 0 spiro atoms. The Morgan fingerprint density at radius 3 is 2.32 bits per heavy atom. The topological polar surface area (TPSA) is 112 Å². The smallest absolute Gasteiger partial charge is 0.435 e. The van der Waals surface area contributed by atoms with Gasteiger partial charge in [0.25, 0.3) is 0 Å². The molecule has 2 aromatic rings. The van der Waals surface area contributed by atoms with Crippen molar-refractivity contribution in [2.24, 2.45) is 17.8 Å². The first-order valence-electron chi connectivity index (χ1n) is 11.8. The van der Waals surface area contributed by atoms with Crippen LogP contribution < -0.4 is 10.6 Å². The molecule has 2 aliphatic carbocycles. The number of hydrogen-bond donors (Lipinski definition) is 2. The number of anilines is 1. The van der Waals surface area contributed by atoms with E-state index in [-0.39, 0.29) is 18.4 Å². The minimum atomic E-state index is -0.729. The van der Waals surface area contributed by atoms with Gasteiger partial charge in [0, 0.05) is 0 Å². The Hall–Kier alpha value is -3.36. The number of amides is 2. The number of alkyl carbamates (subject to hydrolysis) is 1. The summed E-state index contributed by atoms with van der Waals surface area (Å²) in [6.07, 6.45) is 5.76. The molecule has 2 fully saturated rings. The fourth-order valence-electron chi connectivity index (χ4n) is 4.14. The van der Waals surface area contributed by atoms with Gasteiger partial charge in [0.15, 0.2) is 0 Å². The first kappa shape index (κ1) is 23.8. The van der Waals surface area contributed by atoms with Crippen LogP contribution in [0.3, 0.4) is 0 Å². The van der Waals surface area contributed by atoms with Crippen molar-refractivity contribution in [1.82, 2.24) is 15.1 Å². The molecule has 2 N–H and O–H groups in total. The van der Waals surface area contributed by atoms with E-state index in [0.717, 1.165) is 35.9 Å². The van der Waals surface area contributed by atoms with Crippen LogP contribution >= 0.6 is 0 Å². The average molecular weight is 469 g/mol. The summed E-state index contributed by atoms with van der Waals surface area (Å²) >= 11 is 0. The molecule has 1 heterocycles. The zero-order valence-electron chi connectivity index (χ0n) is 19.8. The van der Waals surface area contributed by atoms with E-state index < -0.39 is 23.8 Å². The molecular weight excluding hydrogens is 436 g/mol. The molecule has 0 radical (unpaired) electrons. The molecule has 1 aromatic heterocycles. The normalized spacial score (nSPS) is 16.6. The van der Waals surface area contributed by atoms with Gasteiger partial charge in [-0.25, -0.2) is 9.59 Å². The lowest BCUT2D eigenvalue weighted by Crippen LogP contribution is -2.50. The molecular formula is C25H32N4O5. The molecule has 182 valence electrons. The third-order valence-electron chi connectivity index (χ3n) is 5.92. The van der Waals surface area contributed by atoms with Crippen LogP contribution in [0.4, 0.5) is 15.3 Å². The minimum absolute atomic E-state index is 0.0603. The summed E-state index contributed by atoms with van der Waals surface area (Å²) < 4.78 is 11.7. The van der Waals surface area contributed by atoms with Gasteiger partial charge in [-0.05, 0) is 69.8 Å². The standard InChI is InChI=1S/C25H32N4O5/c1-25(2,3)34-24(32)29-14-19(13-26-29)27-22(30)21(20(17-9-10-17)18-11-12-18)28-23(31)33-15-16-7-5-4-6-8-16/h4-8,13-14,17-18,20-21H,9-12,15H2,1-3H3,(H,27,30)(H,28,31). The zero-order chi connectivity index (χ0) is 24.3. The van der Waals surface area contributed by atoms with Gasteiger partial charge < -0.3 is 20.1 Å². The molecule has 0 aliphatic heterocycles. The fourth-order valence-corrected chi connectivity index (χ4v) is 4.14. The second kappa shape index (κ2) is 9.87. The number of aromatic nitrogens is 2. The molecule has 2 saturated carbocycles. The van der Waals surface area contributed by atoms with E-state index >= 15 is 0 Å². The third-order valence-corrected chi connectivity index (χ3v) is 5.92. The second-order valence-corrected chi connectivity index (χ2v) is 10.1. The lowest BCUT2D eigenvalue weighted by Gasteiger charge is -2.27. The Morgan fingerprint density at radius 2 is 1.74 bits per heavy atom.